The fraction of sp³-hybridized carbons (Fsp3) is 0.269. The molecule has 0 unspecified atom stereocenters. The minimum absolute atomic E-state index is 0.223. The van der Waals surface area contributed by atoms with Gasteiger partial charge in [-0.1, -0.05) is 42.5 Å². The van der Waals surface area contributed by atoms with Gasteiger partial charge in [0.25, 0.3) is 11.8 Å². The Hall–Kier alpha value is -3.41. The highest BCUT2D eigenvalue weighted by Crippen LogP contribution is 2.31. The van der Waals surface area contributed by atoms with Crippen molar-refractivity contribution in [3.63, 3.8) is 0 Å². The van der Waals surface area contributed by atoms with Gasteiger partial charge < -0.3 is 19.7 Å². The number of nitrogens with one attached hydrogen (secondary N) is 1. The Kier molecular flexibility index (Phi) is 8.87. The third-order valence-corrected chi connectivity index (χ3v) is 6.83. The molecule has 0 aliphatic carbocycles. The lowest BCUT2D eigenvalue weighted by molar-refractivity contribution is -0.274. The van der Waals surface area contributed by atoms with E-state index in [4.69, 9.17) is 4.74 Å². The van der Waals surface area contributed by atoms with Crippen molar-refractivity contribution < 1.29 is 32.2 Å². The molecule has 1 aliphatic heterocycles. The lowest BCUT2D eigenvalue weighted by Gasteiger charge is -2.39. The summed E-state index contributed by atoms with van der Waals surface area (Å²) < 4.78 is 49.1. The smallest absolute Gasteiger partial charge is 0.498 e. The van der Waals surface area contributed by atoms with Crippen LogP contribution in [0.5, 0.6) is 11.6 Å². The van der Waals surface area contributed by atoms with Crippen LogP contribution in [0.4, 0.5) is 13.2 Å². The van der Waals surface area contributed by atoms with E-state index in [-0.39, 0.29) is 23.9 Å². The van der Waals surface area contributed by atoms with Crippen molar-refractivity contribution in [3.05, 3.63) is 88.0 Å². The Labute approximate surface area is 241 Å². The Morgan fingerprint density at radius 1 is 1.02 bits per heavy atom. The number of pyridine rings is 1. The number of halogens is 4. The Balaban J connectivity index is 1.54. The maximum absolute atomic E-state index is 13.5. The number of aromatic nitrogens is 1. The van der Waals surface area contributed by atoms with Crippen LogP contribution in [-0.2, 0) is 0 Å². The number of amides is 2. The van der Waals surface area contributed by atoms with Crippen molar-refractivity contribution in [2.75, 3.05) is 13.1 Å². The molecule has 2 amide bonds. The standard InChI is InChI=1S/C26H26B3BrF3N3O4/c27-25(28,29)40-23-19(30)12-16(13-34-23)24(38)36-11-10-20(18(14-36)15-6-2-1-3-7-15)35-22(37)17-8-4-5-9-21(17)39-26(31,32)33/h1-9,12-13,18,20H,10-11,14,27-29H2,(H,35,37)/t18-,20-/m1/s1. The Bertz CT molecular complexity index is 1380. The minimum atomic E-state index is -4.93. The van der Waals surface area contributed by atoms with Crippen molar-refractivity contribution in [2.45, 2.75) is 30.0 Å². The quantitative estimate of drug-likeness (QED) is 0.413. The number of carbonyl (C=O) groups excluding carboxylic acids is 2. The molecule has 1 N–H and O–H groups in total. The average molecular weight is 614 g/mol. The molecule has 0 saturated carbocycles. The number of hydrogen-bond donors (Lipinski definition) is 1. The Morgan fingerprint density at radius 3 is 2.35 bits per heavy atom. The number of hydrogen-bond acceptors (Lipinski definition) is 5. The van der Waals surface area contributed by atoms with Crippen molar-refractivity contribution >= 4 is 51.3 Å². The number of piperidine rings is 1. The normalized spacial score (nSPS) is 17.6. The van der Waals surface area contributed by atoms with Crippen molar-refractivity contribution in [3.8, 4) is 11.6 Å². The van der Waals surface area contributed by atoms with Crippen LogP contribution < -0.4 is 14.8 Å². The van der Waals surface area contributed by atoms with E-state index in [9.17, 15) is 22.8 Å². The van der Waals surface area contributed by atoms with Crippen LogP contribution in [0.15, 0.2) is 71.3 Å². The maximum atomic E-state index is 13.5. The summed E-state index contributed by atoms with van der Waals surface area (Å²) in [6.45, 7) is 0.609. The molecule has 1 aliphatic rings. The second-order valence-electron chi connectivity index (χ2n) is 10.4. The SMILES string of the molecule is BC(B)(B)Oc1ncc(C(=O)N2CC[C@@H](NC(=O)c3ccccc3OC(F)(F)F)[C@@H](c3ccccc3)C2)cc1Br. The highest BCUT2D eigenvalue weighted by molar-refractivity contribution is 9.10. The van der Waals surface area contributed by atoms with Crippen LogP contribution >= 0.6 is 15.9 Å². The largest absolute Gasteiger partial charge is 0.573 e. The molecule has 2 heterocycles. The monoisotopic (exact) mass is 613 g/mol. The number of nitrogens with zero attached hydrogens (tertiary/aromatic N) is 2. The molecular weight excluding hydrogens is 588 g/mol. The van der Waals surface area contributed by atoms with Gasteiger partial charge in [0.2, 0.25) is 5.88 Å². The fourth-order valence-corrected chi connectivity index (χ4v) is 4.98. The van der Waals surface area contributed by atoms with E-state index < -0.39 is 29.4 Å². The molecule has 1 aromatic heterocycles. The molecule has 1 saturated heterocycles. The van der Waals surface area contributed by atoms with Gasteiger partial charge in [0.1, 0.15) is 29.3 Å². The lowest BCUT2D eigenvalue weighted by atomic mass is 9.52. The lowest BCUT2D eigenvalue weighted by Crippen LogP contribution is -2.51. The van der Waals surface area contributed by atoms with E-state index >= 15 is 0 Å². The first-order valence-electron chi connectivity index (χ1n) is 12.6. The van der Waals surface area contributed by atoms with Gasteiger partial charge in [0, 0.05) is 36.5 Å². The third-order valence-electron chi connectivity index (χ3n) is 6.26. The van der Waals surface area contributed by atoms with Gasteiger partial charge in [-0.25, -0.2) is 4.98 Å². The summed E-state index contributed by atoms with van der Waals surface area (Å²) in [5, 5.41) is 2.42. The van der Waals surface area contributed by atoms with Crippen LogP contribution in [0.2, 0.25) is 0 Å². The summed E-state index contributed by atoms with van der Waals surface area (Å²) in [6, 6.07) is 15.8. The number of likely N-dealkylation sites (tertiary alicyclic amines) is 1. The average Bonchev–Trinajstić information content (AvgIpc) is 2.89. The van der Waals surface area contributed by atoms with Gasteiger partial charge in [-0.3, -0.25) is 9.59 Å². The predicted molar refractivity (Wildman–Crippen MR) is 155 cm³/mol. The van der Waals surface area contributed by atoms with Crippen LogP contribution in [0.25, 0.3) is 0 Å². The highest BCUT2D eigenvalue weighted by atomic mass is 79.9. The van der Waals surface area contributed by atoms with Gasteiger partial charge in [0.05, 0.1) is 15.6 Å². The van der Waals surface area contributed by atoms with Crippen molar-refractivity contribution in [1.29, 1.82) is 0 Å². The number of para-hydroxylation sites is 1. The number of benzene rings is 2. The summed E-state index contributed by atoms with van der Waals surface area (Å²) in [6.07, 6.45) is -3.08. The van der Waals surface area contributed by atoms with E-state index in [1.807, 2.05) is 53.9 Å². The van der Waals surface area contributed by atoms with E-state index in [1.54, 1.807) is 11.0 Å². The molecule has 206 valence electrons. The first kappa shape index (κ1) is 29.6. The second-order valence-corrected chi connectivity index (χ2v) is 11.3. The molecule has 0 bridgehead atoms. The number of alkyl halides is 3. The molecule has 2 aromatic carbocycles. The zero-order valence-corrected chi connectivity index (χ0v) is 23.8. The zero-order chi connectivity index (χ0) is 29.1. The molecule has 4 rings (SSSR count). The molecule has 0 radical (unpaired) electrons. The van der Waals surface area contributed by atoms with Gasteiger partial charge in [-0.2, -0.15) is 0 Å². The van der Waals surface area contributed by atoms with Crippen LogP contribution in [0.3, 0.4) is 0 Å². The highest BCUT2D eigenvalue weighted by Gasteiger charge is 2.36. The van der Waals surface area contributed by atoms with E-state index in [0.717, 1.165) is 11.6 Å². The number of rotatable bonds is 7. The number of ether oxygens (including phenoxy) is 2. The summed E-state index contributed by atoms with van der Waals surface area (Å²) in [7, 11) is 5.69. The molecular formula is C26H26B3BrF3N3O4. The zero-order valence-electron chi connectivity index (χ0n) is 22.2. The summed E-state index contributed by atoms with van der Waals surface area (Å²) >= 11 is 3.44. The van der Waals surface area contributed by atoms with Gasteiger partial charge in [0.15, 0.2) is 0 Å². The molecule has 14 heteroatoms. The Morgan fingerprint density at radius 2 is 1.70 bits per heavy atom. The van der Waals surface area contributed by atoms with Crippen molar-refractivity contribution in [1.82, 2.24) is 15.2 Å². The maximum Gasteiger partial charge on any atom is 0.573 e. The van der Waals surface area contributed by atoms with Gasteiger partial charge in [-0.15, -0.1) is 13.2 Å². The van der Waals surface area contributed by atoms with E-state index in [2.05, 4.69) is 31.0 Å². The van der Waals surface area contributed by atoms with Crippen LogP contribution in [0.1, 0.15) is 38.6 Å². The molecule has 1 fully saturated rings. The van der Waals surface area contributed by atoms with E-state index in [1.165, 1.54) is 24.4 Å². The fourth-order valence-electron chi connectivity index (χ4n) is 4.55. The molecule has 7 nitrogen and oxygen atoms in total. The topological polar surface area (TPSA) is 80.8 Å². The molecule has 3 aromatic rings. The summed E-state index contributed by atoms with van der Waals surface area (Å²) in [4.78, 5) is 32.6. The predicted octanol–water partition coefficient (Wildman–Crippen LogP) is 2.06. The van der Waals surface area contributed by atoms with E-state index in [0.29, 0.717) is 28.9 Å². The second kappa shape index (κ2) is 12.0. The van der Waals surface area contributed by atoms with Crippen LogP contribution in [-0.4, -0.2) is 76.0 Å². The van der Waals surface area contributed by atoms with Crippen LogP contribution in [0, 0.1) is 0 Å². The first-order valence-corrected chi connectivity index (χ1v) is 13.4. The first-order chi connectivity index (χ1) is 18.8. The minimum Gasteiger partial charge on any atom is -0.498 e. The molecule has 40 heavy (non-hydrogen) atoms. The third kappa shape index (κ3) is 7.62. The number of carbonyl (C=O) groups is 2. The molecule has 0 spiro atoms. The summed E-state index contributed by atoms with van der Waals surface area (Å²) in [5.74, 6) is -1.42. The molecule has 2 atom stereocenters. The summed E-state index contributed by atoms with van der Waals surface area (Å²) in [5.41, 5.74) is 1.04. The van der Waals surface area contributed by atoms with Gasteiger partial charge >= 0.3 is 6.36 Å². The van der Waals surface area contributed by atoms with Crippen molar-refractivity contribution in [2.24, 2.45) is 0 Å². The van der Waals surface area contributed by atoms with Gasteiger partial charge in [-0.05, 0) is 46.1 Å².